The van der Waals surface area contributed by atoms with Crippen LogP contribution in [0.25, 0.3) is 0 Å². The second-order valence-electron chi connectivity index (χ2n) is 5.23. The third-order valence-corrected chi connectivity index (χ3v) is 4.16. The molecule has 23 heavy (non-hydrogen) atoms. The Kier molecular flexibility index (Phi) is 4.68. The monoisotopic (exact) mass is 353 g/mol. The molecule has 1 amide bonds. The van der Waals surface area contributed by atoms with Gasteiger partial charge in [-0.3, -0.25) is 4.79 Å². The van der Waals surface area contributed by atoms with Crippen molar-refractivity contribution in [3.05, 3.63) is 58.1 Å². The summed E-state index contributed by atoms with van der Waals surface area (Å²) >= 11 is 11.7. The zero-order valence-corrected chi connectivity index (χ0v) is 13.7. The molecule has 0 bridgehead atoms. The zero-order chi connectivity index (χ0) is 16.4. The number of anilines is 1. The van der Waals surface area contributed by atoms with E-state index in [2.05, 4.69) is 4.98 Å². The molecule has 120 valence electrons. The summed E-state index contributed by atoms with van der Waals surface area (Å²) in [6, 6.07) is 9.65. The van der Waals surface area contributed by atoms with Crippen LogP contribution in [0.3, 0.4) is 0 Å². The number of carbonyl (C=O) groups excluding carboxylic acids is 1. The minimum absolute atomic E-state index is 0.149. The maximum absolute atomic E-state index is 13.8. The fourth-order valence-corrected chi connectivity index (χ4v) is 3.09. The van der Waals surface area contributed by atoms with Gasteiger partial charge in [0.05, 0.1) is 5.69 Å². The molecule has 0 saturated carbocycles. The van der Waals surface area contributed by atoms with Crippen LogP contribution in [0.4, 0.5) is 10.1 Å². The molecular weight excluding hydrogens is 340 g/mol. The van der Waals surface area contributed by atoms with Crippen molar-refractivity contribution in [2.45, 2.75) is 0 Å². The topological polar surface area (TPSA) is 36.4 Å². The second-order valence-corrected chi connectivity index (χ2v) is 6.01. The Bertz CT molecular complexity index is 713. The number of pyridine rings is 1. The van der Waals surface area contributed by atoms with Crippen molar-refractivity contribution >= 4 is 34.8 Å². The summed E-state index contributed by atoms with van der Waals surface area (Å²) in [5.74, 6) is -0.399. The molecule has 1 saturated heterocycles. The fourth-order valence-electron chi connectivity index (χ4n) is 2.63. The third kappa shape index (κ3) is 3.57. The number of hydrogen-bond acceptors (Lipinski definition) is 3. The summed E-state index contributed by atoms with van der Waals surface area (Å²) in [5.41, 5.74) is 0.976. The van der Waals surface area contributed by atoms with E-state index in [0.717, 1.165) is 0 Å². The molecule has 1 aliphatic rings. The van der Waals surface area contributed by atoms with E-state index in [0.29, 0.717) is 37.4 Å². The highest BCUT2D eigenvalue weighted by Gasteiger charge is 2.24. The summed E-state index contributed by atoms with van der Waals surface area (Å²) in [6.45, 7) is 2.15. The van der Waals surface area contributed by atoms with Crippen LogP contribution >= 0.6 is 23.2 Å². The van der Waals surface area contributed by atoms with E-state index in [-0.39, 0.29) is 22.0 Å². The number of aromatic nitrogens is 1. The van der Waals surface area contributed by atoms with Gasteiger partial charge in [-0.1, -0.05) is 35.3 Å². The highest BCUT2D eigenvalue weighted by Crippen LogP contribution is 2.21. The summed E-state index contributed by atoms with van der Waals surface area (Å²) in [6.07, 6.45) is 0. The first-order valence-electron chi connectivity index (χ1n) is 7.16. The van der Waals surface area contributed by atoms with Gasteiger partial charge >= 0.3 is 0 Å². The van der Waals surface area contributed by atoms with Crippen LogP contribution in [0.5, 0.6) is 0 Å². The normalized spacial score (nSPS) is 14.9. The first-order valence-corrected chi connectivity index (χ1v) is 7.92. The minimum atomic E-state index is -0.250. The molecule has 0 atom stereocenters. The van der Waals surface area contributed by atoms with Gasteiger partial charge in [0.25, 0.3) is 5.91 Å². The minimum Gasteiger partial charge on any atom is -0.366 e. The Morgan fingerprint density at radius 3 is 2.26 bits per heavy atom. The van der Waals surface area contributed by atoms with E-state index in [9.17, 15) is 9.18 Å². The maximum Gasteiger partial charge on any atom is 0.254 e. The van der Waals surface area contributed by atoms with E-state index < -0.39 is 0 Å². The average Bonchev–Trinajstić information content (AvgIpc) is 2.54. The van der Waals surface area contributed by atoms with Gasteiger partial charge in [-0.25, -0.2) is 9.37 Å². The Balaban J connectivity index is 1.69. The van der Waals surface area contributed by atoms with E-state index in [1.807, 2.05) is 4.90 Å². The molecule has 0 unspecified atom stereocenters. The molecule has 1 aromatic heterocycles. The number of para-hydroxylation sites is 1. The number of hydrogen-bond donors (Lipinski definition) is 0. The molecule has 3 rings (SSSR count). The van der Waals surface area contributed by atoms with Crippen molar-refractivity contribution in [1.82, 2.24) is 9.88 Å². The first-order chi connectivity index (χ1) is 11.0. The van der Waals surface area contributed by atoms with Crippen LogP contribution in [0.1, 0.15) is 10.4 Å². The van der Waals surface area contributed by atoms with Gasteiger partial charge in [-0.15, -0.1) is 0 Å². The molecule has 0 radical (unpaired) electrons. The second kappa shape index (κ2) is 6.72. The predicted octanol–water partition coefficient (Wildman–Crippen LogP) is 3.49. The predicted molar refractivity (Wildman–Crippen MR) is 88.8 cm³/mol. The Morgan fingerprint density at radius 1 is 1.04 bits per heavy atom. The number of nitrogens with zero attached hydrogens (tertiary/aromatic N) is 3. The van der Waals surface area contributed by atoms with Crippen molar-refractivity contribution < 1.29 is 9.18 Å². The summed E-state index contributed by atoms with van der Waals surface area (Å²) in [7, 11) is 0. The standard InChI is InChI=1S/C16H14Cl2FN3O/c17-14-9-11(10-15(18)20-14)16(23)22-7-5-21(6-8-22)13-4-2-1-3-12(13)19/h1-4,9-10H,5-8H2. The Morgan fingerprint density at radius 2 is 1.65 bits per heavy atom. The highest BCUT2D eigenvalue weighted by molar-refractivity contribution is 6.33. The number of rotatable bonds is 2. The maximum atomic E-state index is 13.8. The number of amides is 1. The van der Waals surface area contributed by atoms with Crippen LogP contribution in [-0.4, -0.2) is 42.0 Å². The summed E-state index contributed by atoms with van der Waals surface area (Å²) < 4.78 is 13.8. The van der Waals surface area contributed by atoms with Crippen LogP contribution < -0.4 is 4.90 Å². The lowest BCUT2D eigenvalue weighted by atomic mass is 10.2. The number of piperazine rings is 1. The summed E-state index contributed by atoms with van der Waals surface area (Å²) in [4.78, 5) is 20.0. The van der Waals surface area contributed by atoms with Gasteiger partial charge in [0, 0.05) is 31.7 Å². The van der Waals surface area contributed by atoms with Crippen LogP contribution in [0.15, 0.2) is 36.4 Å². The van der Waals surface area contributed by atoms with E-state index in [1.165, 1.54) is 18.2 Å². The molecule has 1 aliphatic heterocycles. The number of benzene rings is 1. The SMILES string of the molecule is O=C(c1cc(Cl)nc(Cl)c1)N1CCN(c2ccccc2F)CC1. The van der Waals surface area contributed by atoms with Crippen molar-refractivity contribution in [3.8, 4) is 0 Å². The number of carbonyl (C=O) groups is 1. The highest BCUT2D eigenvalue weighted by atomic mass is 35.5. The molecule has 2 heterocycles. The van der Waals surface area contributed by atoms with Crippen LogP contribution in [-0.2, 0) is 0 Å². The molecule has 4 nitrogen and oxygen atoms in total. The average molecular weight is 354 g/mol. The molecule has 0 aliphatic carbocycles. The first kappa shape index (κ1) is 16.0. The lowest BCUT2D eigenvalue weighted by molar-refractivity contribution is 0.0746. The van der Waals surface area contributed by atoms with E-state index in [4.69, 9.17) is 23.2 Å². The molecule has 0 N–H and O–H groups in total. The van der Waals surface area contributed by atoms with Gasteiger partial charge in [-0.05, 0) is 24.3 Å². The van der Waals surface area contributed by atoms with E-state index in [1.54, 1.807) is 23.1 Å². The van der Waals surface area contributed by atoms with Crippen molar-refractivity contribution in [2.24, 2.45) is 0 Å². The quantitative estimate of drug-likeness (QED) is 0.775. The smallest absolute Gasteiger partial charge is 0.254 e. The molecule has 7 heteroatoms. The molecule has 1 fully saturated rings. The van der Waals surface area contributed by atoms with Gasteiger partial charge in [0.15, 0.2) is 0 Å². The third-order valence-electron chi connectivity index (χ3n) is 3.77. The molecule has 0 spiro atoms. The molecule has 2 aromatic rings. The van der Waals surface area contributed by atoms with Gasteiger partial charge < -0.3 is 9.80 Å². The van der Waals surface area contributed by atoms with Crippen molar-refractivity contribution in [1.29, 1.82) is 0 Å². The Labute approximate surface area is 143 Å². The van der Waals surface area contributed by atoms with Crippen LogP contribution in [0.2, 0.25) is 10.3 Å². The summed E-state index contributed by atoms with van der Waals surface area (Å²) in [5, 5.41) is 0.372. The number of halogens is 3. The lowest BCUT2D eigenvalue weighted by Gasteiger charge is -2.36. The van der Waals surface area contributed by atoms with Gasteiger partial charge in [0.2, 0.25) is 0 Å². The van der Waals surface area contributed by atoms with Crippen LogP contribution in [0, 0.1) is 5.82 Å². The van der Waals surface area contributed by atoms with E-state index >= 15 is 0 Å². The molecular formula is C16H14Cl2FN3O. The Hall–Kier alpha value is -1.85. The fraction of sp³-hybridized carbons (Fsp3) is 0.250. The van der Waals surface area contributed by atoms with Gasteiger partial charge in [-0.2, -0.15) is 0 Å². The van der Waals surface area contributed by atoms with Crippen molar-refractivity contribution in [3.63, 3.8) is 0 Å². The molecule has 1 aromatic carbocycles. The largest absolute Gasteiger partial charge is 0.366 e. The lowest BCUT2D eigenvalue weighted by Crippen LogP contribution is -2.49. The van der Waals surface area contributed by atoms with Gasteiger partial charge in [0.1, 0.15) is 16.1 Å². The van der Waals surface area contributed by atoms with Crippen molar-refractivity contribution in [2.75, 3.05) is 31.1 Å². The zero-order valence-electron chi connectivity index (χ0n) is 12.2.